The molecule has 0 spiro atoms. The maximum Gasteiger partial charge on any atom is 0.304 e. The van der Waals surface area contributed by atoms with Gasteiger partial charge >= 0.3 is 5.97 Å². The molecule has 0 unspecified atom stereocenters. The summed E-state index contributed by atoms with van der Waals surface area (Å²) in [6.45, 7) is 5.02. The van der Waals surface area contributed by atoms with E-state index in [0.717, 1.165) is 5.56 Å². The minimum atomic E-state index is -0.813. The van der Waals surface area contributed by atoms with Gasteiger partial charge in [0, 0.05) is 30.9 Å². The van der Waals surface area contributed by atoms with Gasteiger partial charge in [0.1, 0.15) is 11.8 Å². The van der Waals surface area contributed by atoms with Gasteiger partial charge in [-0.25, -0.2) is 4.98 Å². The van der Waals surface area contributed by atoms with Crippen LogP contribution in [0.3, 0.4) is 0 Å². The highest BCUT2D eigenvalue weighted by Gasteiger charge is 2.14. The molecule has 0 amide bonds. The average molecular weight is 247 g/mol. The quantitative estimate of drug-likeness (QED) is 0.826. The number of aliphatic carboxylic acids is 1. The summed E-state index contributed by atoms with van der Waals surface area (Å²) in [5.74, 6) is -0.813. The van der Waals surface area contributed by atoms with Crippen LogP contribution in [0.4, 0.5) is 0 Å². The topological polar surface area (TPSA) is 77.2 Å². The standard InChI is InChI=1S/C13H17N3O2/c1-10(2)16(7-5-13(17)18)9-11-4-3-6-15-12(11)8-14/h3-4,6,10H,5,7,9H2,1-2H3,(H,17,18). The van der Waals surface area contributed by atoms with E-state index >= 15 is 0 Å². The maximum absolute atomic E-state index is 10.6. The fraction of sp³-hybridized carbons (Fsp3) is 0.462. The van der Waals surface area contributed by atoms with Gasteiger partial charge in [0.05, 0.1) is 6.42 Å². The Kier molecular flexibility index (Phi) is 5.28. The number of nitrogens with zero attached hydrogens (tertiary/aromatic N) is 3. The van der Waals surface area contributed by atoms with Crippen LogP contribution < -0.4 is 0 Å². The molecule has 96 valence electrons. The SMILES string of the molecule is CC(C)N(CCC(=O)O)Cc1cccnc1C#N. The average Bonchev–Trinajstić information content (AvgIpc) is 2.34. The Morgan fingerprint density at radius 3 is 2.89 bits per heavy atom. The third-order valence-corrected chi connectivity index (χ3v) is 2.71. The van der Waals surface area contributed by atoms with Crippen LogP contribution in [0.15, 0.2) is 18.3 Å². The number of carboxylic acids is 1. The van der Waals surface area contributed by atoms with E-state index in [2.05, 4.69) is 11.1 Å². The van der Waals surface area contributed by atoms with E-state index < -0.39 is 5.97 Å². The maximum atomic E-state index is 10.6. The molecule has 5 nitrogen and oxygen atoms in total. The molecule has 1 aromatic rings. The predicted molar refractivity (Wildman–Crippen MR) is 66.8 cm³/mol. The first kappa shape index (κ1) is 14.1. The number of hydrogen-bond donors (Lipinski definition) is 1. The Hall–Kier alpha value is -1.93. The monoisotopic (exact) mass is 247 g/mol. The third kappa shape index (κ3) is 4.15. The Labute approximate surface area is 107 Å². The highest BCUT2D eigenvalue weighted by Crippen LogP contribution is 2.11. The second kappa shape index (κ2) is 6.72. The zero-order valence-corrected chi connectivity index (χ0v) is 10.6. The Bertz CT molecular complexity index is 452. The molecule has 1 rings (SSSR count). The first-order chi connectivity index (χ1) is 8.54. The zero-order valence-electron chi connectivity index (χ0n) is 10.6. The van der Waals surface area contributed by atoms with E-state index in [9.17, 15) is 4.79 Å². The van der Waals surface area contributed by atoms with Crippen molar-refractivity contribution in [2.75, 3.05) is 6.54 Å². The van der Waals surface area contributed by atoms with E-state index in [1.54, 1.807) is 12.3 Å². The lowest BCUT2D eigenvalue weighted by Crippen LogP contribution is -2.32. The largest absolute Gasteiger partial charge is 0.481 e. The summed E-state index contributed by atoms with van der Waals surface area (Å²) in [7, 11) is 0. The molecule has 0 saturated carbocycles. The first-order valence-corrected chi connectivity index (χ1v) is 5.84. The summed E-state index contributed by atoms with van der Waals surface area (Å²) < 4.78 is 0. The molecular weight excluding hydrogens is 230 g/mol. The molecule has 0 aliphatic heterocycles. The molecule has 0 bridgehead atoms. The molecule has 0 fully saturated rings. The second-order valence-electron chi connectivity index (χ2n) is 4.33. The van der Waals surface area contributed by atoms with Crippen molar-refractivity contribution in [3.63, 3.8) is 0 Å². The summed E-state index contributed by atoms with van der Waals surface area (Å²) in [4.78, 5) is 16.6. The number of hydrogen-bond acceptors (Lipinski definition) is 4. The molecule has 1 aromatic heterocycles. The van der Waals surface area contributed by atoms with Gasteiger partial charge in [-0.1, -0.05) is 6.07 Å². The highest BCUT2D eigenvalue weighted by atomic mass is 16.4. The summed E-state index contributed by atoms with van der Waals surface area (Å²) >= 11 is 0. The van der Waals surface area contributed by atoms with Gasteiger partial charge in [0.15, 0.2) is 0 Å². The lowest BCUT2D eigenvalue weighted by molar-refractivity contribution is -0.137. The van der Waals surface area contributed by atoms with Gasteiger partial charge in [-0.3, -0.25) is 9.69 Å². The van der Waals surface area contributed by atoms with Crippen LogP contribution in [-0.4, -0.2) is 33.5 Å². The molecule has 1 N–H and O–H groups in total. The Balaban J connectivity index is 2.77. The van der Waals surface area contributed by atoms with E-state index in [0.29, 0.717) is 18.8 Å². The normalized spacial score (nSPS) is 10.6. The van der Waals surface area contributed by atoms with Crippen LogP contribution >= 0.6 is 0 Å². The zero-order chi connectivity index (χ0) is 13.5. The number of aromatic nitrogens is 1. The molecule has 0 saturated heterocycles. The molecule has 5 heteroatoms. The fourth-order valence-electron chi connectivity index (χ4n) is 1.64. The van der Waals surface area contributed by atoms with Crippen molar-refractivity contribution < 1.29 is 9.90 Å². The molecule has 0 aliphatic rings. The van der Waals surface area contributed by atoms with Crippen LogP contribution in [0.25, 0.3) is 0 Å². The van der Waals surface area contributed by atoms with Crippen LogP contribution in [0.2, 0.25) is 0 Å². The van der Waals surface area contributed by atoms with E-state index in [4.69, 9.17) is 10.4 Å². The molecule has 0 aromatic carbocycles. The van der Waals surface area contributed by atoms with Crippen LogP contribution in [-0.2, 0) is 11.3 Å². The van der Waals surface area contributed by atoms with Gasteiger partial charge in [0.2, 0.25) is 0 Å². The molecule has 0 radical (unpaired) electrons. The van der Waals surface area contributed by atoms with Crippen LogP contribution in [0.5, 0.6) is 0 Å². The summed E-state index contributed by atoms with van der Waals surface area (Å²) in [6.07, 6.45) is 1.68. The van der Waals surface area contributed by atoms with E-state index in [1.165, 1.54) is 0 Å². The molecule has 1 heterocycles. The number of rotatable bonds is 6. The number of carboxylic acid groups (broad SMARTS) is 1. The number of pyridine rings is 1. The second-order valence-corrected chi connectivity index (χ2v) is 4.33. The highest BCUT2D eigenvalue weighted by molar-refractivity contribution is 5.66. The van der Waals surface area contributed by atoms with Crippen LogP contribution in [0, 0.1) is 11.3 Å². The van der Waals surface area contributed by atoms with Crippen molar-refractivity contribution in [3.05, 3.63) is 29.6 Å². The van der Waals surface area contributed by atoms with Gasteiger partial charge in [0.25, 0.3) is 0 Å². The minimum absolute atomic E-state index is 0.0975. The summed E-state index contributed by atoms with van der Waals surface area (Å²) in [5, 5.41) is 17.7. The summed E-state index contributed by atoms with van der Waals surface area (Å²) in [5.41, 5.74) is 1.23. The lowest BCUT2D eigenvalue weighted by Gasteiger charge is -2.25. The van der Waals surface area contributed by atoms with Gasteiger partial charge in [-0.2, -0.15) is 5.26 Å². The van der Waals surface area contributed by atoms with Crippen molar-refractivity contribution >= 4 is 5.97 Å². The fourth-order valence-corrected chi connectivity index (χ4v) is 1.64. The molecular formula is C13H17N3O2. The first-order valence-electron chi connectivity index (χ1n) is 5.84. The number of nitriles is 1. The van der Waals surface area contributed by atoms with Gasteiger partial charge in [-0.05, 0) is 19.9 Å². The minimum Gasteiger partial charge on any atom is -0.481 e. The van der Waals surface area contributed by atoms with E-state index in [-0.39, 0.29) is 12.5 Å². The van der Waals surface area contributed by atoms with Gasteiger partial charge < -0.3 is 5.11 Å². The number of carbonyl (C=O) groups is 1. The summed E-state index contributed by atoms with van der Waals surface area (Å²) in [6, 6.07) is 5.90. The molecule has 18 heavy (non-hydrogen) atoms. The Morgan fingerprint density at radius 2 is 2.33 bits per heavy atom. The smallest absolute Gasteiger partial charge is 0.304 e. The van der Waals surface area contributed by atoms with Crippen LogP contribution in [0.1, 0.15) is 31.5 Å². The van der Waals surface area contributed by atoms with Crippen molar-refractivity contribution in [1.82, 2.24) is 9.88 Å². The van der Waals surface area contributed by atoms with E-state index in [1.807, 2.05) is 24.8 Å². The predicted octanol–water partition coefficient (Wildman–Crippen LogP) is 1.64. The van der Waals surface area contributed by atoms with Crippen molar-refractivity contribution in [1.29, 1.82) is 5.26 Å². The Morgan fingerprint density at radius 1 is 1.61 bits per heavy atom. The molecule has 0 atom stereocenters. The van der Waals surface area contributed by atoms with Crippen molar-refractivity contribution in [2.45, 2.75) is 32.9 Å². The third-order valence-electron chi connectivity index (χ3n) is 2.71. The lowest BCUT2D eigenvalue weighted by atomic mass is 10.1. The van der Waals surface area contributed by atoms with Gasteiger partial charge in [-0.15, -0.1) is 0 Å². The molecule has 0 aliphatic carbocycles. The van der Waals surface area contributed by atoms with Crippen molar-refractivity contribution in [3.8, 4) is 6.07 Å². The van der Waals surface area contributed by atoms with Crippen molar-refractivity contribution in [2.24, 2.45) is 0 Å².